The van der Waals surface area contributed by atoms with Gasteiger partial charge in [-0.05, 0) is 19.1 Å². The van der Waals surface area contributed by atoms with Crippen LogP contribution in [0.3, 0.4) is 0 Å². The van der Waals surface area contributed by atoms with Gasteiger partial charge in [0.1, 0.15) is 11.5 Å². The Morgan fingerprint density at radius 3 is 2.32 bits per heavy atom. The Bertz CT molecular complexity index is 915. The number of hydrogen-bond donors (Lipinski definition) is 1. The maximum Gasteiger partial charge on any atom is 0.143 e. The molecule has 0 aliphatic heterocycles. The molecule has 9 heteroatoms. The summed E-state index contributed by atoms with van der Waals surface area (Å²) in [7, 11) is 0. The zero-order valence-electron chi connectivity index (χ0n) is 12.7. The van der Waals surface area contributed by atoms with Crippen LogP contribution in [0, 0.1) is 6.92 Å². The molecule has 3 aromatic rings. The molecule has 0 radical (unpaired) electrons. The van der Waals surface area contributed by atoms with Crippen molar-refractivity contribution in [3.8, 4) is 11.3 Å². The van der Waals surface area contributed by atoms with Crippen LogP contribution in [0.4, 0.5) is 5.69 Å². The minimum absolute atomic E-state index is 0.348. The van der Waals surface area contributed by atoms with Gasteiger partial charge in [-0.25, -0.2) is 0 Å². The van der Waals surface area contributed by atoms with E-state index >= 15 is 0 Å². The lowest BCUT2D eigenvalue weighted by Gasteiger charge is -2.05. The van der Waals surface area contributed by atoms with Crippen LogP contribution in [-0.4, -0.2) is 16.4 Å². The lowest BCUT2D eigenvalue weighted by molar-refractivity contribution is 0.399. The fourth-order valence-electron chi connectivity index (χ4n) is 2.12. The molecule has 3 rings (SSSR count). The monoisotopic (exact) mass is 414 g/mol. The van der Waals surface area contributed by atoms with E-state index in [1.807, 2.05) is 0 Å². The highest BCUT2D eigenvalue weighted by Crippen LogP contribution is 2.36. The average Bonchev–Trinajstić information content (AvgIpc) is 2.91. The molecular weight excluding hydrogens is 406 g/mol. The lowest BCUT2D eigenvalue weighted by atomic mass is 10.1. The molecule has 0 unspecified atom stereocenters. The first-order valence-corrected chi connectivity index (χ1v) is 8.49. The van der Waals surface area contributed by atoms with Crippen LogP contribution in [0.15, 0.2) is 40.2 Å². The maximum atomic E-state index is 6.25. The van der Waals surface area contributed by atoms with Gasteiger partial charge in [0.2, 0.25) is 0 Å². The molecule has 25 heavy (non-hydrogen) atoms. The molecular formula is C16H10Cl4N4O. The molecule has 1 aromatic carbocycles. The van der Waals surface area contributed by atoms with Gasteiger partial charge in [-0.3, -0.25) is 10.4 Å². The second-order valence-electron chi connectivity index (χ2n) is 4.95. The van der Waals surface area contributed by atoms with Crippen LogP contribution in [0.2, 0.25) is 20.1 Å². The summed E-state index contributed by atoms with van der Waals surface area (Å²) in [5.74, 6) is 0.559. The highest BCUT2D eigenvalue weighted by molar-refractivity contribution is 6.39. The summed E-state index contributed by atoms with van der Waals surface area (Å²) in [4.78, 5) is 3.88. The molecule has 2 aromatic heterocycles. The Morgan fingerprint density at radius 1 is 1.04 bits per heavy atom. The van der Waals surface area contributed by atoms with E-state index in [4.69, 9.17) is 50.9 Å². The van der Waals surface area contributed by atoms with Crippen LogP contribution in [-0.2, 0) is 0 Å². The van der Waals surface area contributed by atoms with Crippen molar-refractivity contribution >= 4 is 58.3 Å². The third-order valence-corrected chi connectivity index (χ3v) is 4.53. The zero-order chi connectivity index (χ0) is 18.0. The summed E-state index contributed by atoms with van der Waals surface area (Å²) in [6, 6.07) is 5.20. The SMILES string of the molecule is Cc1onc(-c2c(Cl)cccc2Cl)c1/C=N/Nc1c(Cl)cncc1Cl. The molecule has 5 nitrogen and oxygen atoms in total. The molecule has 0 saturated carbocycles. The van der Waals surface area contributed by atoms with E-state index < -0.39 is 0 Å². The predicted molar refractivity (Wildman–Crippen MR) is 102 cm³/mol. The van der Waals surface area contributed by atoms with E-state index in [1.54, 1.807) is 25.1 Å². The molecule has 128 valence electrons. The van der Waals surface area contributed by atoms with E-state index in [0.29, 0.717) is 48.4 Å². The third kappa shape index (κ3) is 3.75. The van der Waals surface area contributed by atoms with E-state index in [2.05, 4.69) is 20.7 Å². The Morgan fingerprint density at radius 2 is 1.68 bits per heavy atom. The van der Waals surface area contributed by atoms with Crippen LogP contribution in [0.25, 0.3) is 11.3 Å². The number of aryl methyl sites for hydroxylation is 1. The number of hydrazone groups is 1. The van der Waals surface area contributed by atoms with E-state index in [0.717, 1.165) is 0 Å². The smallest absolute Gasteiger partial charge is 0.143 e. The fraction of sp³-hybridized carbons (Fsp3) is 0.0625. The second kappa shape index (κ2) is 7.62. The summed E-state index contributed by atoms with van der Waals surface area (Å²) >= 11 is 24.6. The van der Waals surface area contributed by atoms with Gasteiger partial charge in [-0.2, -0.15) is 5.10 Å². The number of nitrogens with zero attached hydrogens (tertiary/aromatic N) is 3. The quantitative estimate of drug-likeness (QED) is 0.412. The van der Waals surface area contributed by atoms with Gasteiger partial charge >= 0.3 is 0 Å². The molecule has 0 spiro atoms. The van der Waals surface area contributed by atoms with E-state index in [-0.39, 0.29) is 0 Å². The van der Waals surface area contributed by atoms with Crippen LogP contribution in [0.5, 0.6) is 0 Å². The Hall–Kier alpha value is -1.79. The molecule has 1 N–H and O–H groups in total. The highest BCUT2D eigenvalue weighted by Gasteiger charge is 2.18. The number of aromatic nitrogens is 2. The van der Waals surface area contributed by atoms with Crippen molar-refractivity contribution in [2.75, 3.05) is 5.43 Å². The van der Waals surface area contributed by atoms with Crippen molar-refractivity contribution in [1.29, 1.82) is 0 Å². The average molecular weight is 416 g/mol. The highest BCUT2D eigenvalue weighted by atomic mass is 35.5. The minimum Gasteiger partial charge on any atom is -0.360 e. The van der Waals surface area contributed by atoms with Crippen molar-refractivity contribution in [3.63, 3.8) is 0 Å². The molecule has 0 saturated heterocycles. The van der Waals surface area contributed by atoms with Crippen molar-refractivity contribution in [3.05, 3.63) is 62.0 Å². The largest absolute Gasteiger partial charge is 0.360 e. The summed E-state index contributed by atoms with van der Waals surface area (Å²) < 4.78 is 5.26. The minimum atomic E-state index is 0.348. The topological polar surface area (TPSA) is 63.3 Å². The van der Waals surface area contributed by atoms with Gasteiger partial charge in [0.05, 0.1) is 37.6 Å². The van der Waals surface area contributed by atoms with Crippen molar-refractivity contribution in [2.45, 2.75) is 6.92 Å². The first kappa shape index (κ1) is 18.0. The predicted octanol–water partition coefficient (Wildman–Crippen LogP) is 6.10. The fourth-order valence-corrected chi connectivity index (χ4v) is 3.14. The zero-order valence-corrected chi connectivity index (χ0v) is 15.7. The number of halogens is 4. The van der Waals surface area contributed by atoms with Crippen molar-refractivity contribution in [2.24, 2.45) is 5.10 Å². The molecule has 0 amide bonds. The van der Waals surface area contributed by atoms with E-state index in [1.165, 1.54) is 18.6 Å². The summed E-state index contributed by atoms with van der Waals surface area (Å²) in [5.41, 5.74) is 4.92. The van der Waals surface area contributed by atoms with Gasteiger partial charge < -0.3 is 4.52 Å². The molecule has 0 aliphatic rings. The molecule has 0 atom stereocenters. The van der Waals surface area contributed by atoms with Gasteiger partial charge in [0.25, 0.3) is 0 Å². The van der Waals surface area contributed by atoms with Crippen LogP contribution < -0.4 is 5.43 Å². The summed E-state index contributed by atoms with van der Waals surface area (Å²) in [6.07, 6.45) is 4.46. The molecule has 2 heterocycles. The lowest BCUT2D eigenvalue weighted by Crippen LogP contribution is -1.95. The van der Waals surface area contributed by atoms with Crippen molar-refractivity contribution < 1.29 is 4.52 Å². The molecule has 0 bridgehead atoms. The number of rotatable bonds is 4. The number of anilines is 1. The molecule has 0 fully saturated rings. The number of pyridine rings is 1. The van der Waals surface area contributed by atoms with Crippen LogP contribution >= 0.6 is 46.4 Å². The standard InChI is InChI=1S/C16H10Cl4N4O/c1-8-9(5-22-23-16-12(19)6-21-7-13(16)20)15(24-25-8)14-10(17)3-2-4-11(14)18/h2-7H,1H3,(H,21,23)/b22-5+. The number of hydrogen-bond acceptors (Lipinski definition) is 5. The first-order chi connectivity index (χ1) is 12.0. The van der Waals surface area contributed by atoms with Gasteiger partial charge in [0.15, 0.2) is 0 Å². The first-order valence-electron chi connectivity index (χ1n) is 6.97. The number of nitrogens with one attached hydrogen (secondary N) is 1. The summed E-state index contributed by atoms with van der Waals surface area (Å²) in [6.45, 7) is 1.76. The summed E-state index contributed by atoms with van der Waals surface area (Å²) in [5, 5.41) is 9.82. The van der Waals surface area contributed by atoms with Crippen LogP contribution in [0.1, 0.15) is 11.3 Å². The molecule has 0 aliphatic carbocycles. The second-order valence-corrected chi connectivity index (χ2v) is 6.57. The number of benzene rings is 1. The van der Waals surface area contributed by atoms with E-state index in [9.17, 15) is 0 Å². The van der Waals surface area contributed by atoms with Gasteiger partial charge in [0, 0.05) is 18.0 Å². The maximum absolute atomic E-state index is 6.25. The van der Waals surface area contributed by atoms with Gasteiger partial charge in [-0.15, -0.1) is 0 Å². The van der Waals surface area contributed by atoms with Crippen molar-refractivity contribution in [1.82, 2.24) is 10.1 Å². The van der Waals surface area contributed by atoms with Gasteiger partial charge in [-0.1, -0.05) is 57.6 Å². The Kier molecular flexibility index (Phi) is 5.49. The third-order valence-electron chi connectivity index (χ3n) is 3.33. The normalized spacial score (nSPS) is 11.2. The Balaban J connectivity index is 1.96. The Labute approximate surface area is 163 Å².